The molecule has 0 spiro atoms. The molecule has 190 valence electrons. The maximum atomic E-state index is 12.8. The van der Waals surface area contributed by atoms with E-state index >= 15 is 0 Å². The molecule has 0 fully saturated rings. The van der Waals surface area contributed by atoms with Gasteiger partial charge in [-0.1, -0.05) is 6.07 Å². The molecule has 1 N–H and O–H groups in total. The third-order valence-electron chi connectivity index (χ3n) is 5.60. The van der Waals surface area contributed by atoms with Crippen LogP contribution in [0.2, 0.25) is 0 Å². The Balaban J connectivity index is 1.30. The first kappa shape index (κ1) is 24.1. The van der Waals surface area contributed by atoms with Gasteiger partial charge < -0.3 is 33.7 Å². The highest BCUT2D eigenvalue weighted by molar-refractivity contribution is 6.20. The molecule has 0 radical (unpaired) electrons. The number of methoxy groups -OCH3 is 2. The molecule has 2 aliphatic rings. The molecule has 37 heavy (non-hydrogen) atoms. The fraction of sp³-hybridized carbons (Fsp3) is 0.231. The Morgan fingerprint density at radius 1 is 0.919 bits per heavy atom. The lowest BCUT2D eigenvalue weighted by Crippen LogP contribution is -2.20. The van der Waals surface area contributed by atoms with E-state index in [0.717, 1.165) is 11.6 Å². The summed E-state index contributed by atoms with van der Waals surface area (Å²) < 4.78 is 32.4. The number of carbonyl (C=O) groups is 2. The van der Waals surface area contributed by atoms with Crippen molar-refractivity contribution >= 4 is 28.3 Å². The summed E-state index contributed by atoms with van der Waals surface area (Å²) in [5.74, 6) is 1.60. The molecule has 0 bridgehead atoms. The van der Waals surface area contributed by atoms with Crippen LogP contribution in [0.3, 0.4) is 0 Å². The van der Waals surface area contributed by atoms with Crippen LogP contribution in [0.1, 0.15) is 5.56 Å². The maximum Gasteiger partial charge on any atom is 0.231 e. The summed E-state index contributed by atoms with van der Waals surface area (Å²) in [6.07, 6.45) is 3.69. The van der Waals surface area contributed by atoms with Crippen LogP contribution >= 0.6 is 0 Å². The van der Waals surface area contributed by atoms with E-state index in [0.29, 0.717) is 52.9 Å². The van der Waals surface area contributed by atoms with E-state index in [1.54, 1.807) is 37.4 Å². The number of carbonyl (C=O) groups excluding carboxylic acids is 2. The molecule has 0 saturated carbocycles. The quantitative estimate of drug-likeness (QED) is 0.323. The van der Waals surface area contributed by atoms with Crippen molar-refractivity contribution in [3.05, 3.63) is 65.8 Å². The Morgan fingerprint density at radius 3 is 2.62 bits per heavy atom. The molecule has 1 aliphatic carbocycles. The second-order valence-corrected chi connectivity index (χ2v) is 7.98. The number of hydrogen-bond donors (Lipinski definition) is 1. The van der Waals surface area contributed by atoms with Crippen LogP contribution < -0.4 is 24.3 Å². The second kappa shape index (κ2) is 10.5. The van der Waals surface area contributed by atoms with Gasteiger partial charge in [0.15, 0.2) is 28.8 Å². The molecule has 2 heterocycles. The topological polar surface area (TPSA) is 127 Å². The lowest BCUT2D eigenvalue weighted by molar-refractivity contribution is -0.117. The van der Waals surface area contributed by atoms with E-state index < -0.39 is 11.6 Å². The zero-order chi connectivity index (χ0) is 25.8. The van der Waals surface area contributed by atoms with E-state index in [-0.39, 0.29) is 24.9 Å². The van der Waals surface area contributed by atoms with Crippen molar-refractivity contribution in [2.24, 2.45) is 0 Å². The van der Waals surface area contributed by atoms with Gasteiger partial charge in [-0.15, -0.1) is 0 Å². The zero-order valence-electron chi connectivity index (χ0n) is 20.1. The number of aromatic nitrogens is 2. The Kier molecular flexibility index (Phi) is 6.86. The standard InChI is InChI=1S/C26H23N3O8/c1-32-5-6-34-25-10-17-16(8-23(25)33-2)26(28-13-27-17)29-18-9-20(31)22(11-19(18)30)35-12-15-3-4-21-24(7-15)37-14-36-21/h3-4,7-11,13H,5-6,12,14H2,1-2H3,(H,27,28,29). The molecular weight excluding hydrogens is 482 g/mol. The number of fused-ring (bicyclic) bond motifs is 2. The van der Waals surface area contributed by atoms with E-state index in [1.165, 1.54) is 19.5 Å². The Hall–Kier alpha value is -4.64. The van der Waals surface area contributed by atoms with Gasteiger partial charge in [0.2, 0.25) is 18.4 Å². The van der Waals surface area contributed by atoms with E-state index in [2.05, 4.69) is 15.3 Å². The molecular formula is C26H23N3O8. The fourth-order valence-electron chi connectivity index (χ4n) is 3.74. The van der Waals surface area contributed by atoms with Crippen molar-refractivity contribution in [2.75, 3.05) is 39.5 Å². The van der Waals surface area contributed by atoms with Gasteiger partial charge in [0.05, 0.1) is 24.9 Å². The largest absolute Gasteiger partial charge is 0.493 e. The molecule has 0 saturated heterocycles. The average molecular weight is 505 g/mol. The van der Waals surface area contributed by atoms with Gasteiger partial charge in [-0.2, -0.15) is 0 Å². The number of rotatable bonds is 10. The van der Waals surface area contributed by atoms with Gasteiger partial charge in [0.1, 0.15) is 25.4 Å². The molecule has 11 heteroatoms. The number of anilines is 1. The van der Waals surface area contributed by atoms with Crippen LogP contribution in [0.25, 0.3) is 10.9 Å². The molecule has 0 amide bonds. The highest BCUT2D eigenvalue weighted by Gasteiger charge is 2.23. The number of ether oxygens (including phenoxy) is 6. The first-order chi connectivity index (χ1) is 18.1. The monoisotopic (exact) mass is 505 g/mol. The van der Waals surface area contributed by atoms with Crippen LogP contribution in [0.15, 0.2) is 60.3 Å². The minimum absolute atomic E-state index is 0.0553. The third-order valence-corrected chi connectivity index (χ3v) is 5.60. The summed E-state index contributed by atoms with van der Waals surface area (Å²) in [5.41, 5.74) is 1.38. The minimum Gasteiger partial charge on any atom is -0.493 e. The molecule has 3 aromatic rings. The van der Waals surface area contributed by atoms with Crippen LogP contribution in [0.5, 0.6) is 23.0 Å². The number of nitrogens with one attached hydrogen (secondary N) is 1. The van der Waals surface area contributed by atoms with Crippen molar-refractivity contribution in [1.82, 2.24) is 9.97 Å². The zero-order valence-corrected chi connectivity index (χ0v) is 20.1. The fourth-order valence-corrected chi connectivity index (χ4v) is 3.74. The molecule has 0 atom stereocenters. The van der Waals surface area contributed by atoms with Crippen LogP contribution in [0.4, 0.5) is 5.82 Å². The van der Waals surface area contributed by atoms with Crippen molar-refractivity contribution in [3.63, 3.8) is 0 Å². The highest BCUT2D eigenvalue weighted by atomic mass is 16.7. The summed E-state index contributed by atoms with van der Waals surface area (Å²) in [4.78, 5) is 34.0. The summed E-state index contributed by atoms with van der Waals surface area (Å²) in [6.45, 7) is 1.00. The number of benzene rings is 2. The summed E-state index contributed by atoms with van der Waals surface area (Å²) in [5, 5.41) is 3.52. The van der Waals surface area contributed by atoms with Crippen molar-refractivity contribution in [3.8, 4) is 23.0 Å². The van der Waals surface area contributed by atoms with Gasteiger partial charge in [-0.05, 0) is 23.8 Å². The third kappa shape index (κ3) is 5.16. The maximum absolute atomic E-state index is 12.8. The van der Waals surface area contributed by atoms with Crippen molar-refractivity contribution in [2.45, 2.75) is 6.61 Å². The Morgan fingerprint density at radius 2 is 1.78 bits per heavy atom. The van der Waals surface area contributed by atoms with Gasteiger partial charge in [0, 0.05) is 30.7 Å². The van der Waals surface area contributed by atoms with Crippen LogP contribution in [0, 0.1) is 0 Å². The van der Waals surface area contributed by atoms with Gasteiger partial charge in [-0.25, -0.2) is 9.97 Å². The summed E-state index contributed by atoms with van der Waals surface area (Å²) in [6, 6.07) is 8.74. The number of allylic oxidation sites excluding steroid dienone is 2. The van der Waals surface area contributed by atoms with E-state index in [9.17, 15) is 9.59 Å². The predicted octanol–water partition coefficient (Wildman–Crippen LogP) is 2.94. The first-order valence-corrected chi connectivity index (χ1v) is 11.3. The summed E-state index contributed by atoms with van der Waals surface area (Å²) in [7, 11) is 3.10. The first-order valence-electron chi connectivity index (χ1n) is 11.3. The Labute approximate surface area is 211 Å². The smallest absolute Gasteiger partial charge is 0.231 e. The molecule has 1 aliphatic heterocycles. The van der Waals surface area contributed by atoms with Crippen LogP contribution in [-0.2, 0) is 25.7 Å². The number of ketones is 2. The molecule has 5 rings (SSSR count). The number of nitrogens with zero attached hydrogens (tertiary/aromatic N) is 2. The summed E-state index contributed by atoms with van der Waals surface area (Å²) >= 11 is 0. The predicted molar refractivity (Wildman–Crippen MR) is 131 cm³/mol. The van der Waals surface area contributed by atoms with Crippen molar-refractivity contribution < 1.29 is 38.0 Å². The normalized spacial score (nSPS) is 14.3. The molecule has 2 aromatic carbocycles. The van der Waals surface area contributed by atoms with Crippen LogP contribution in [-0.4, -0.2) is 55.8 Å². The molecule has 1 aromatic heterocycles. The lowest BCUT2D eigenvalue weighted by Gasteiger charge is -2.16. The second-order valence-electron chi connectivity index (χ2n) is 7.98. The Bertz CT molecular complexity index is 1430. The average Bonchev–Trinajstić information content (AvgIpc) is 3.37. The van der Waals surface area contributed by atoms with E-state index in [1.807, 2.05) is 0 Å². The van der Waals surface area contributed by atoms with Crippen molar-refractivity contribution in [1.29, 1.82) is 0 Å². The van der Waals surface area contributed by atoms with Gasteiger partial charge in [0.25, 0.3) is 0 Å². The van der Waals surface area contributed by atoms with E-state index in [4.69, 9.17) is 28.4 Å². The highest BCUT2D eigenvalue weighted by Crippen LogP contribution is 2.35. The molecule has 0 unspecified atom stereocenters. The lowest BCUT2D eigenvalue weighted by atomic mass is 10.1. The minimum atomic E-state index is -0.451. The van der Waals surface area contributed by atoms with Gasteiger partial charge >= 0.3 is 0 Å². The molecule has 11 nitrogen and oxygen atoms in total. The SMILES string of the molecule is COCCOc1cc2ncnc(NC3=CC(=O)C(OCc4ccc5c(c4)OCO5)=CC3=O)c2cc1OC. The number of hydrogen-bond acceptors (Lipinski definition) is 11. The van der Waals surface area contributed by atoms with Gasteiger partial charge in [-0.3, -0.25) is 9.59 Å².